The third-order valence-corrected chi connectivity index (χ3v) is 2.40. The van der Waals surface area contributed by atoms with Gasteiger partial charge < -0.3 is 15.2 Å². The molecular weight excluding hydrogens is 220 g/mol. The van der Waals surface area contributed by atoms with E-state index in [2.05, 4.69) is 10.3 Å². The van der Waals surface area contributed by atoms with E-state index in [0.717, 1.165) is 5.56 Å². The van der Waals surface area contributed by atoms with Crippen molar-refractivity contribution in [1.82, 2.24) is 5.32 Å². The van der Waals surface area contributed by atoms with Crippen molar-refractivity contribution in [3.63, 3.8) is 0 Å². The molecule has 0 saturated heterocycles. The lowest BCUT2D eigenvalue weighted by Crippen LogP contribution is -2.19. The predicted octanol–water partition coefficient (Wildman–Crippen LogP) is 1.85. The second-order valence-electron chi connectivity index (χ2n) is 3.63. The van der Waals surface area contributed by atoms with E-state index in [9.17, 15) is 4.79 Å². The normalized spacial score (nSPS) is 11.2. The number of carbonyl (C=O) groups is 1. The molecule has 0 bridgehead atoms. The van der Waals surface area contributed by atoms with Gasteiger partial charge in [-0.2, -0.15) is 4.99 Å². The quantitative estimate of drug-likeness (QED) is 0.607. The fraction of sp³-hybridized carbons (Fsp3) is 0.333. The summed E-state index contributed by atoms with van der Waals surface area (Å²) >= 11 is 0. The minimum atomic E-state index is -0.929. The minimum Gasteiger partial charge on any atom is -0.478 e. The summed E-state index contributed by atoms with van der Waals surface area (Å²) in [5.41, 5.74) is 2.45. The van der Waals surface area contributed by atoms with E-state index < -0.39 is 5.97 Å². The van der Waals surface area contributed by atoms with E-state index in [1.54, 1.807) is 26.1 Å². The van der Waals surface area contributed by atoms with Crippen LogP contribution in [0.4, 0.5) is 5.69 Å². The van der Waals surface area contributed by atoms with Gasteiger partial charge in [0.2, 0.25) is 0 Å². The smallest absolute Gasteiger partial charge is 0.335 e. The topological polar surface area (TPSA) is 70.9 Å². The molecule has 0 radical (unpaired) electrons. The second kappa shape index (κ2) is 5.34. The first-order valence-corrected chi connectivity index (χ1v) is 5.14. The number of carboxylic acid groups (broad SMARTS) is 1. The summed E-state index contributed by atoms with van der Waals surface area (Å²) < 4.78 is 5.00. The molecule has 2 N–H and O–H groups in total. The van der Waals surface area contributed by atoms with Crippen molar-refractivity contribution in [2.45, 2.75) is 13.8 Å². The maximum Gasteiger partial charge on any atom is 0.335 e. The number of nitrogens with one attached hydrogen (secondary N) is 1. The van der Waals surface area contributed by atoms with Gasteiger partial charge >= 0.3 is 5.97 Å². The maximum atomic E-state index is 10.9. The van der Waals surface area contributed by atoms with E-state index in [-0.39, 0.29) is 0 Å². The summed E-state index contributed by atoms with van der Waals surface area (Å²) in [6.07, 6.45) is 0. The Labute approximate surface area is 100 Å². The van der Waals surface area contributed by atoms with Crippen molar-refractivity contribution in [2.24, 2.45) is 4.99 Å². The van der Waals surface area contributed by atoms with E-state index in [0.29, 0.717) is 22.8 Å². The summed E-state index contributed by atoms with van der Waals surface area (Å²) in [7, 11) is 3.22. The highest BCUT2D eigenvalue weighted by Crippen LogP contribution is 2.23. The van der Waals surface area contributed by atoms with Crippen LogP contribution >= 0.6 is 0 Å². The summed E-state index contributed by atoms with van der Waals surface area (Å²) in [6, 6.07) is 3.73. The average molecular weight is 236 g/mol. The standard InChI is InChI=1S/C12H16N2O3/c1-7-6-10(14-12(13-3)17-4)8(2)5-9(7)11(15)16/h5-6H,1-4H3,(H,13,14)(H,15,16). The van der Waals surface area contributed by atoms with E-state index in [4.69, 9.17) is 9.84 Å². The molecule has 1 aromatic rings. The molecule has 1 aromatic carbocycles. The number of nitrogens with zero attached hydrogens (tertiary/aromatic N) is 1. The molecular formula is C12H16N2O3. The molecule has 1 rings (SSSR count). The van der Waals surface area contributed by atoms with Gasteiger partial charge in [0, 0.05) is 7.05 Å². The van der Waals surface area contributed by atoms with E-state index >= 15 is 0 Å². The zero-order valence-corrected chi connectivity index (χ0v) is 10.4. The van der Waals surface area contributed by atoms with Gasteiger partial charge in [0.15, 0.2) is 0 Å². The van der Waals surface area contributed by atoms with Crippen molar-refractivity contribution in [3.8, 4) is 0 Å². The Morgan fingerprint density at radius 2 is 2.00 bits per heavy atom. The zero-order chi connectivity index (χ0) is 13.0. The molecule has 0 aliphatic heterocycles. The van der Waals surface area contributed by atoms with Gasteiger partial charge in [0.05, 0.1) is 18.4 Å². The Balaban J connectivity index is 3.25. The molecule has 0 aliphatic carbocycles. The molecule has 0 unspecified atom stereocenters. The number of aryl methyl sites for hydroxylation is 2. The van der Waals surface area contributed by atoms with Crippen molar-refractivity contribution in [2.75, 3.05) is 14.2 Å². The number of rotatable bonds is 2. The number of ether oxygens (including phenoxy) is 1. The molecule has 0 aromatic heterocycles. The van der Waals surface area contributed by atoms with E-state index in [1.165, 1.54) is 7.11 Å². The molecule has 92 valence electrons. The number of methoxy groups -OCH3 is 1. The lowest BCUT2D eigenvalue weighted by atomic mass is 10.0. The van der Waals surface area contributed by atoms with Crippen molar-refractivity contribution in [1.29, 1.82) is 0 Å². The molecule has 0 aliphatic rings. The summed E-state index contributed by atoms with van der Waals surface area (Å²) in [5, 5.41) is 11.8. The molecule has 0 amide bonds. The highest BCUT2D eigenvalue weighted by Gasteiger charge is 2.10. The van der Waals surface area contributed by atoms with Crippen LogP contribution in [0.2, 0.25) is 0 Å². The number of hydrogen-bond donors (Lipinski definition) is 2. The van der Waals surface area contributed by atoms with Gasteiger partial charge in [-0.25, -0.2) is 4.79 Å². The number of amidine groups is 1. The van der Waals surface area contributed by atoms with Crippen LogP contribution in [0.25, 0.3) is 0 Å². The first-order chi connectivity index (χ1) is 7.99. The fourth-order valence-electron chi connectivity index (χ4n) is 1.46. The number of carboxylic acids is 1. The van der Waals surface area contributed by atoms with Crippen molar-refractivity contribution < 1.29 is 14.6 Å². The number of aromatic carboxylic acids is 1. The number of benzene rings is 1. The maximum absolute atomic E-state index is 10.9. The van der Waals surface area contributed by atoms with Crippen LogP contribution in [0, 0.1) is 13.8 Å². The Bertz CT molecular complexity index is 461. The number of aliphatic imine (C=N–C) groups is 1. The molecule has 5 nitrogen and oxygen atoms in total. The van der Waals surface area contributed by atoms with E-state index in [1.807, 2.05) is 6.92 Å². The van der Waals surface area contributed by atoms with Crippen molar-refractivity contribution in [3.05, 3.63) is 28.8 Å². The molecule has 17 heavy (non-hydrogen) atoms. The van der Waals surface area contributed by atoms with Crippen molar-refractivity contribution >= 4 is 17.7 Å². The number of hydrogen-bond acceptors (Lipinski definition) is 3. The lowest BCUT2D eigenvalue weighted by Gasteiger charge is -2.08. The average Bonchev–Trinajstić information content (AvgIpc) is 2.29. The third kappa shape index (κ3) is 2.96. The lowest BCUT2D eigenvalue weighted by molar-refractivity contribution is 0.0696. The predicted molar refractivity (Wildman–Crippen MR) is 66.0 cm³/mol. The molecule has 0 spiro atoms. The van der Waals surface area contributed by atoms with Gasteiger partial charge in [-0.1, -0.05) is 0 Å². The monoisotopic (exact) mass is 236 g/mol. The summed E-state index contributed by atoms with van der Waals surface area (Å²) in [5.74, 6) is -0.929. The molecule has 0 heterocycles. The largest absolute Gasteiger partial charge is 0.478 e. The van der Waals surface area contributed by atoms with Gasteiger partial charge in [-0.05, 0) is 37.1 Å². The highest BCUT2D eigenvalue weighted by atomic mass is 16.5. The first kappa shape index (κ1) is 13.0. The zero-order valence-electron chi connectivity index (χ0n) is 10.4. The van der Waals surface area contributed by atoms with Gasteiger partial charge in [-0.3, -0.25) is 0 Å². The van der Waals surface area contributed by atoms with Crippen LogP contribution in [0.5, 0.6) is 0 Å². The summed E-state index contributed by atoms with van der Waals surface area (Å²) in [6.45, 7) is 3.56. The van der Waals surface area contributed by atoms with Gasteiger partial charge in [0.25, 0.3) is 6.02 Å². The van der Waals surface area contributed by atoms with Gasteiger partial charge in [0.1, 0.15) is 0 Å². The molecule has 5 heteroatoms. The van der Waals surface area contributed by atoms with Crippen LogP contribution < -0.4 is 5.32 Å². The SMILES string of the molecule is CN/C(=N/c1cc(C)c(C(=O)O)cc1C)OC. The van der Waals surface area contributed by atoms with Crippen LogP contribution in [-0.4, -0.2) is 31.3 Å². The van der Waals surface area contributed by atoms with Crippen LogP contribution in [-0.2, 0) is 4.74 Å². The Kier molecular flexibility index (Phi) is 4.09. The van der Waals surface area contributed by atoms with Gasteiger partial charge in [-0.15, -0.1) is 0 Å². The Hall–Kier alpha value is -2.04. The van der Waals surface area contributed by atoms with Crippen LogP contribution in [0.3, 0.4) is 0 Å². The van der Waals surface area contributed by atoms with Crippen LogP contribution in [0.1, 0.15) is 21.5 Å². The fourth-order valence-corrected chi connectivity index (χ4v) is 1.46. The summed E-state index contributed by atoms with van der Waals surface area (Å²) in [4.78, 5) is 15.2. The minimum absolute atomic E-state index is 0.296. The third-order valence-electron chi connectivity index (χ3n) is 2.40. The Morgan fingerprint density at radius 3 is 2.47 bits per heavy atom. The first-order valence-electron chi connectivity index (χ1n) is 5.14. The highest BCUT2D eigenvalue weighted by molar-refractivity contribution is 5.90. The Morgan fingerprint density at radius 1 is 1.35 bits per heavy atom. The second-order valence-corrected chi connectivity index (χ2v) is 3.63. The molecule has 0 saturated carbocycles. The molecule has 0 fully saturated rings. The van der Waals surface area contributed by atoms with Crippen LogP contribution in [0.15, 0.2) is 17.1 Å². The molecule has 0 atom stereocenters.